The summed E-state index contributed by atoms with van der Waals surface area (Å²) in [6, 6.07) is 13.9. The van der Waals surface area contributed by atoms with E-state index >= 15 is 0 Å². The molecule has 0 aliphatic carbocycles. The fourth-order valence-corrected chi connectivity index (χ4v) is 2.95. The number of aliphatic hydroxyl groups is 1. The molecule has 0 aliphatic rings. The molecule has 6 heteroatoms. The Kier molecular flexibility index (Phi) is 5.57. The maximum absolute atomic E-state index is 12.5. The van der Waals surface area contributed by atoms with Gasteiger partial charge in [-0.3, -0.25) is 4.79 Å². The number of carbonyl (C=O) groups excluding carboxylic acids is 2. The smallest absolute Gasteiger partial charge is 0.340 e. The zero-order valence-corrected chi connectivity index (χ0v) is 15.2. The monoisotopic (exact) mass is 367 g/mol. The Balaban J connectivity index is 1.65. The minimum atomic E-state index is -1.41. The Morgan fingerprint density at radius 1 is 1.15 bits per heavy atom. The number of benzene rings is 1. The topological polar surface area (TPSA) is 81.7 Å². The fourth-order valence-electron chi connectivity index (χ4n) is 2.95. The molecule has 0 spiro atoms. The number of rotatable bonds is 7. The molecule has 140 valence electrons. The van der Waals surface area contributed by atoms with E-state index in [1.165, 1.54) is 0 Å². The van der Waals surface area contributed by atoms with Gasteiger partial charge in [-0.15, -0.1) is 0 Å². The van der Waals surface area contributed by atoms with E-state index in [-0.39, 0.29) is 5.78 Å². The highest BCUT2D eigenvalue weighted by Gasteiger charge is 2.22. The Labute approximate surface area is 157 Å². The number of hydrogen-bond acceptors (Lipinski definition) is 5. The van der Waals surface area contributed by atoms with Gasteiger partial charge in [0.1, 0.15) is 5.76 Å². The maximum Gasteiger partial charge on any atom is 0.340 e. The van der Waals surface area contributed by atoms with Crippen LogP contribution in [0.3, 0.4) is 0 Å². The molecule has 6 nitrogen and oxygen atoms in total. The quantitative estimate of drug-likeness (QED) is 0.512. The van der Waals surface area contributed by atoms with Crippen LogP contribution in [0.1, 0.15) is 39.2 Å². The first-order chi connectivity index (χ1) is 13.0. The van der Waals surface area contributed by atoms with E-state index in [1.54, 1.807) is 42.7 Å². The van der Waals surface area contributed by atoms with Crippen LogP contribution in [0, 0.1) is 13.8 Å². The molecule has 2 heterocycles. The normalized spacial score (nSPS) is 12.0. The van der Waals surface area contributed by atoms with Gasteiger partial charge in [0.2, 0.25) is 5.78 Å². The SMILES string of the molecule is Cc1cc(C(=O)COC(=O)[C@@H](O)c2ccccc2)c(C)n1Cc1ccco1. The van der Waals surface area contributed by atoms with Gasteiger partial charge >= 0.3 is 5.97 Å². The first-order valence-corrected chi connectivity index (χ1v) is 8.59. The Hall–Kier alpha value is -3.12. The van der Waals surface area contributed by atoms with E-state index in [9.17, 15) is 14.7 Å². The lowest BCUT2D eigenvalue weighted by atomic mass is 10.1. The summed E-state index contributed by atoms with van der Waals surface area (Å²) in [6.07, 6.45) is 0.193. The largest absolute Gasteiger partial charge is 0.467 e. The third-order valence-corrected chi connectivity index (χ3v) is 4.45. The van der Waals surface area contributed by atoms with E-state index in [1.807, 2.05) is 30.5 Å². The number of nitrogens with zero attached hydrogens (tertiary/aromatic N) is 1. The number of Topliss-reactive ketones (excluding diaryl/α,β-unsaturated/α-hetero) is 1. The van der Waals surface area contributed by atoms with Gasteiger partial charge in [-0.25, -0.2) is 4.79 Å². The van der Waals surface area contributed by atoms with Crippen LogP contribution in [0.25, 0.3) is 0 Å². The second-order valence-corrected chi connectivity index (χ2v) is 6.29. The zero-order chi connectivity index (χ0) is 19.4. The summed E-state index contributed by atoms with van der Waals surface area (Å²) < 4.78 is 12.3. The second-order valence-electron chi connectivity index (χ2n) is 6.29. The summed E-state index contributed by atoms with van der Waals surface area (Å²) in [4.78, 5) is 24.5. The van der Waals surface area contributed by atoms with Crippen LogP contribution in [-0.4, -0.2) is 28.0 Å². The van der Waals surface area contributed by atoms with Gasteiger partial charge < -0.3 is 18.8 Å². The molecule has 0 saturated carbocycles. The lowest BCUT2D eigenvalue weighted by Gasteiger charge is -2.11. The maximum atomic E-state index is 12.5. The summed E-state index contributed by atoms with van der Waals surface area (Å²) in [5, 5.41) is 10.0. The molecule has 0 amide bonds. The number of ether oxygens (including phenoxy) is 1. The minimum absolute atomic E-state index is 0.317. The van der Waals surface area contributed by atoms with Crippen molar-refractivity contribution in [3.8, 4) is 0 Å². The predicted octanol–water partition coefficient (Wildman–Crippen LogP) is 3.21. The van der Waals surface area contributed by atoms with Crippen molar-refractivity contribution in [2.24, 2.45) is 0 Å². The van der Waals surface area contributed by atoms with Gasteiger partial charge in [-0.2, -0.15) is 0 Å². The number of esters is 1. The number of hydrogen-bond donors (Lipinski definition) is 1. The first kappa shape index (κ1) is 18.7. The van der Waals surface area contributed by atoms with Crippen molar-refractivity contribution in [2.45, 2.75) is 26.5 Å². The average Bonchev–Trinajstić information content (AvgIpc) is 3.29. The highest BCUT2D eigenvalue weighted by Crippen LogP contribution is 2.19. The van der Waals surface area contributed by atoms with E-state index < -0.39 is 18.7 Å². The molecule has 0 fully saturated rings. The van der Waals surface area contributed by atoms with Crippen LogP contribution in [-0.2, 0) is 16.1 Å². The molecule has 3 rings (SSSR count). The molecular formula is C21H21NO5. The molecule has 0 radical (unpaired) electrons. The van der Waals surface area contributed by atoms with Crippen LogP contribution in [0.4, 0.5) is 0 Å². The van der Waals surface area contributed by atoms with Crippen LogP contribution in [0.5, 0.6) is 0 Å². The minimum Gasteiger partial charge on any atom is -0.467 e. The van der Waals surface area contributed by atoms with Crippen molar-refractivity contribution in [1.82, 2.24) is 4.57 Å². The summed E-state index contributed by atoms with van der Waals surface area (Å²) in [5.74, 6) is -0.380. The molecule has 0 unspecified atom stereocenters. The standard InChI is InChI=1S/C21H21NO5/c1-14-11-18(15(2)22(14)12-17-9-6-10-26-17)19(23)13-27-21(25)20(24)16-7-4-3-5-8-16/h3-11,20,24H,12-13H2,1-2H3/t20-/m0/s1. The van der Waals surface area contributed by atoms with Crippen LogP contribution < -0.4 is 0 Å². The summed E-state index contributed by atoms with van der Waals surface area (Å²) in [6.45, 7) is 3.83. The summed E-state index contributed by atoms with van der Waals surface area (Å²) in [5.41, 5.74) is 2.59. The van der Waals surface area contributed by atoms with Crippen molar-refractivity contribution in [2.75, 3.05) is 6.61 Å². The van der Waals surface area contributed by atoms with Gasteiger partial charge in [-0.1, -0.05) is 30.3 Å². The van der Waals surface area contributed by atoms with Gasteiger partial charge in [0.25, 0.3) is 0 Å². The van der Waals surface area contributed by atoms with Crippen molar-refractivity contribution < 1.29 is 23.8 Å². The molecule has 27 heavy (non-hydrogen) atoms. The molecule has 1 N–H and O–H groups in total. The van der Waals surface area contributed by atoms with Crippen molar-refractivity contribution in [3.05, 3.63) is 83.1 Å². The van der Waals surface area contributed by atoms with E-state index in [0.29, 0.717) is 17.7 Å². The summed E-state index contributed by atoms with van der Waals surface area (Å²) >= 11 is 0. The number of aliphatic hydroxyl groups excluding tert-OH is 1. The molecule has 3 aromatic rings. The van der Waals surface area contributed by atoms with Gasteiger partial charge in [0.05, 0.1) is 12.8 Å². The van der Waals surface area contributed by atoms with Gasteiger partial charge in [-0.05, 0) is 37.6 Å². The van der Waals surface area contributed by atoms with Gasteiger partial charge in [0.15, 0.2) is 12.7 Å². The van der Waals surface area contributed by atoms with E-state index in [4.69, 9.17) is 9.15 Å². The molecule has 0 bridgehead atoms. The molecule has 0 aliphatic heterocycles. The lowest BCUT2D eigenvalue weighted by Crippen LogP contribution is -2.20. The third kappa shape index (κ3) is 4.17. The summed E-state index contributed by atoms with van der Waals surface area (Å²) in [7, 11) is 0. The van der Waals surface area contributed by atoms with Crippen molar-refractivity contribution >= 4 is 11.8 Å². The molecule has 0 saturated heterocycles. The third-order valence-electron chi connectivity index (χ3n) is 4.45. The van der Waals surface area contributed by atoms with Crippen LogP contribution in [0.15, 0.2) is 59.2 Å². The Morgan fingerprint density at radius 3 is 2.56 bits per heavy atom. The number of furan rings is 1. The zero-order valence-electron chi connectivity index (χ0n) is 15.2. The Morgan fingerprint density at radius 2 is 1.89 bits per heavy atom. The Bertz CT molecular complexity index is 925. The number of carbonyl (C=O) groups is 2. The highest BCUT2D eigenvalue weighted by molar-refractivity contribution is 5.99. The number of aromatic nitrogens is 1. The molecular weight excluding hydrogens is 346 g/mol. The predicted molar refractivity (Wildman–Crippen MR) is 98.4 cm³/mol. The average molecular weight is 367 g/mol. The molecule has 2 aromatic heterocycles. The van der Waals surface area contributed by atoms with E-state index in [0.717, 1.165) is 17.1 Å². The van der Waals surface area contributed by atoms with Crippen LogP contribution in [0.2, 0.25) is 0 Å². The van der Waals surface area contributed by atoms with Gasteiger partial charge in [0, 0.05) is 17.0 Å². The molecule has 1 aromatic carbocycles. The number of ketones is 1. The highest BCUT2D eigenvalue weighted by atomic mass is 16.5. The first-order valence-electron chi connectivity index (χ1n) is 8.59. The fraction of sp³-hybridized carbons (Fsp3) is 0.238. The lowest BCUT2D eigenvalue weighted by molar-refractivity contribution is -0.152. The van der Waals surface area contributed by atoms with E-state index in [2.05, 4.69) is 0 Å². The van der Waals surface area contributed by atoms with Crippen molar-refractivity contribution in [3.63, 3.8) is 0 Å². The number of aryl methyl sites for hydroxylation is 1. The second kappa shape index (κ2) is 8.05. The molecule has 1 atom stereocenters. The van der Waals surface area contributed by atoms with Crippen LogP contribution >= 0.6 is 0 Å². The van der Waals surface area contributed by atoms with Crippen molar-refractivity contribution in [1.29, 1.82) is 0 Å².